The highest BCUT2D eigenvalue weighted by molar-refractivity contribution is 7.89. The molecule has 0 bridgehead atoms. The number of aliphatic hydroxyl groups is 1. The molecule has 3 N–H and O–H groups in total. The van der Waals surface area contributed by atoms with Crippen LogP contribution in [0.25, 0.3) is 0 Å². The topological polar surface area (TPSA) is 171 Å². The molecule has 3 aliphatic rings. The molecule has 50 heavy (non-hydrogen) atoms. The summed E-state index contributed by atoms with van der Waals surface area (Å²) in [6, 6.07) is 12.7. The summed E-state index contributed by atoms with van der Waals surface area (Å²) in [7, 11) is -4.22. The summed E-state index contributed by atoms with van der Waals surface area (Å²) >= 11 is 0. The van der Waals surface area contributed by atoms with Crippen molar-refractivity contribution in [3.8, 4) is 11.5 Å². The lowest BCUT2D eigenvalue weighted by atomic mass is 9.89. The average Bonchev–Trinajstić information content (AvgIpc) is 3.83. The minimum Gasteiger partial charge on any atom is -0.454 e. The van der Waals surface area contributed by atoms with Crippen LogP contribution in [-0.2, 0) is 35.4 Å². The third-order valence-corrected chi connectivity index (χ3v) is 10.9. The van der Waals surface area contributed by atoms with E-state index in [-0.39, 0.29) is 50.3 Å². The summed E-state index contributed by atoms with van der Waals surface area (Å²) in [5.41, 5.74) is 0.163. The molecule has 0 radical (unpaired) electrons. The van der Waals surface area contributed by atoms with Crippen molar-refractivity contribution in [1.29, 1.82) is 0 Å². The average molecular weight is 720 g/mol. The summed E-state index contributed by atoms with van der Waals surface area (Å²) in [6.07, 6.45) is -0.550. The second kappa shape index (κ2) is 17.1. The highest BCUT2D eigenvalue weighted by atomic mass is 32.2. The number of fused-ring (bicyclic) bond motifs is 2. The van der Waals surface area contributed by atoms with Gasteiger partial charge >= 0.3 is 12.2 Å². The van der Waals surface area contributed by atoms with Gasteiger partial charge in [0.05, 0.1) is 42.8 Å². The number of ether oxygens (including phenoxy) is 6. The normalized spacial score (nSPS) is 21.0. The third kappa shape index (κ3) is 10.00. The fourth-order valence-corrected chi connectivity index (χ4v) is 7.87. The second-order valence-electron chi connectivity index (χ2n) is 13.6. The van der Waals surface area contributed by atoms with Crippen LogP contribution in [0.2, 0.25) is 0 Å². The number of rotatable bonds is 17. The molecule has 2 fully saturated rings. The van der Waals surface area contributed by atoms with Gasteiger partial charge in [-0.25, -0.2) is 18.0 Å². The van der Waals surface area contributed by atoms with Gasteiger partial charge < -0.3 is 44.2 Å². The Hall–Kier alpha value is -3.63. The van der Waals surface area contributed by atoms with Crippen LogP contribution >= 0.6 is 0 Å². The molecule has 2 aromatic carbocycles. The van der Waals surface area contributed by atoms with Crippen LogP contribution < -0.4 is 20.1 Å². The molecule has 15 heteroatoms. The molecule has 276 valence electrons. The van der Waals surface area contributed by atoms with Crippen LogP contribution in [0.1, 0.15) is 52.0 Å². The van der Waals surface area contributed by atoms with E-state index < -0.39 is 52.2 Å². The first-order chi connectivity index (χ1) is 23.9. The van der Waals surface area contributed by atoms with E-state index in [2.05, 4.69) is 10.6 Å². The largest absolute Gasteiger partial charge is 0.454 e. The standard InChI is InChI=1S/C35H49N3O11S/c1-4-5-16-45-33(40)36-15-14-35(2,3)22-38(50(42,43)25-11-12-29-30(19-25)48-23-47-29)20-28(39)27(18-24-9-7-6-8-10-24)37-34(41)49-31-21-46-32-26(31)13-17-44-32/h6-12,19,26-28,31-32,39H,4-5,13-18,20-23H2,1-3H3,(H,36,40)(H,37,41)/t26-,27-,28+,31-,32+/m0/s1. The quantitative estimate of drug-likeness (QED) is 0.203. The van der Waals surface area contributed by atoms with E-state index in [9.17, 15) is 23.1 Å². The number of sulfonamides is 1. The fraction of sp³-hybridized carbons (Fsp3) is 0.600. The number of nitrogens with zero attached hydrogens (tertiary/aromatic N) is 1. The number of hydrogen-bond donors (Lipinski definition) is 3. The molecule has 2 aromatic rings. The fourth-order valence-electron chi connectivity index (χ4n) is 6.21. The Morgan fingerprint density at radius 1 is 1.08 bits per heavy atom. The predicted molar refractivity (Wildman–Crippen MR) is 181 cm³/mol. The van der Waals surface area contributed by atoms with E-state index in [1.165, 1.54) is 22.5 Å². The Morgan fingerprint density at radius 3 is 2.64 bits per heavy atom. The Bertz CT molecular complexity index is 1540. The van der Waals surface area contributed by atoms with E-state index in [1.807, 2.05) is 51.1 Å². The smallest absolute Gasteiger partial charge is 0.407 e. The molecule has 0 spiro atoms. The molecule has 0 aromatic heterocycles. The third-order valence-electron chi connectivity index (χ3n) is 9.09. The molecule has 3 heterocycles. The highest BCUT2D eigenvalue weighted by Crippen LogP contribution is 2.36. The highest BCUT2D eigenvalue weighted by Gasteiger charge is 2.44. The van der Waals surface area contributed by atoms with Gasteiger partial charge in [0.1, 0.15) is 6.10 Å². The molecule has 5 rings (SSSR count). The van der Waals surface area contributed by atoms with Crippen LogP contribution in [0.4, 0.5) is 9.59 Å². The van der Waals surface area contributed by atoms with Gasteiger partial charge in [0, 0.05) is 25.7 Å². The second-order valence-corrected chi connectivity index (χ2v) is 15.6. The van der Waals surface area contributed by atoms with Crippen molar-refractivity contribution in [3.63, 3.8) is 0 Å². The zero-order valence-electron chi connectivity index (χ0n) is 28.9. The van der Waals surface area contributed by atoms with E-state index in [0.29, 0.717) is 37.6 Å². The monoisotopic (exact) mass is 719 g/mol. The van der Waals surface area contributed by atoms with Crippen molar-refractivity contribution in [3.05, 3.63) is 54.1 Å². The van der Waals surface area contributed by atoms with E-state index in [4.69, 9.17) is 28.4 Å². The van der Waals surface area contributed by atoms with Crippen LogP contribution in [0.5, 0.6) is 11.5 Å². The van der Waals surface area contributed by atoms with Crippen molar-refractivity contribution in [1.82, 2.24) is 14.9 Å². The SMILES string of the molecule is CCCCOC(=O)NCCC(C)(C)CN(C[C@@H](O)[C@H](Cc1ccccc1)NC(=O)O[C@H]1CO[C@H]2OCC[C@H]21)S(=O)(=O)c1ccc2c(c1)OCO2. The number of unbranched alkanes of at least 4 members (excludes halogenated alkanes) is 1. The number of hydrogen-bond acceptors (Lipinski definition) is 11. The van der Waals surface area contributed by atoms with Crippen LogP contribution in [0, 0.1) is 11.3 Å². The molecular weight excluding hydrogens is 670 g/mol. The summed E-state index contributed by atoms with van der Waals surface area (Å²) in [6.45, 7) is 6.67. The molecule has 2 amide bonds. The maximum absolute atomic E-state index is 14.3. The minimum absolute atomic E-state index is 0.0155. The molecule has 0 saturated carbocycles. The maximum atomic E-state index is 14.3. The number of alkyl carbamates (subject to hydrolysis) is 2. The van der Waals surface area contributed by atoms with Crippen molar-refractivity contribution in [2.24, 2.45) is 11.3 Å². The van der Waals surface area contributed by atoms with Gasteiger partial charge in [-0.2, -0.15) is 4.31 Å². The van der Waals surface area contributed by atoms with Gasteiger partial charge in [-0.3, -0.25) is 0 Å². The van der Waals surface area contributed by atoms with Crippen LogP contribution in [0.3, 0.4) is 0 Å². The number of carbonyl (C=O) groups excluding carboxylic acids is 2. The van der Waals surface area contributed by atoms with Gasteiger partial charge in [-0.1, -0.05) is 57.5 Å². The van der Waals surface area contributed by atoms with Crippen molar-refractivity contribution in [2.75, 3.05) is 46.2 Å². The van der Waals surface area contributed by atoms with Crippen molar-refractivity contribution in [2.45, 2.75) is 82.3 Å². The Balaban J connectivity index is 1.33. The molecule has 5 atom stereocenters. The number of nitrogens with one attached hydrogen (secondary N) is 2. The van der Waals surface area contributed by atoms with E-state index in [0.717, 1.165) is 18.4 Å². The number of benzene rings is 2. The zero-order chi connectivity index (χ0) is 35.7. The van der Waals surface area contributed by atoms with Crippen LogP contribution in [0.15, 0.2) is 53.4 Å². The first kappa shape index (κ1) is 37.6. The van der Waals surface area contributed by atoms with Crippen molar-refractivity contribution >= 4 is 22.2 Å². The first-order valence-corrected chi connectivity index (χ1v) is 18.6. The lowest BCUT2D eigenvalue weighted by Gasteiger charge is -2.35. The van der Waals surface area contributed by atoms with Crippen LogP contribution in [-0.4, -0.2) is 101 Å². The molecule has 0 aliphatic carbocycles. The summed E-state index contributed by atoms with van der Waals surface area (Å²) in [4.78, 5) is 25.3. The Labute approximate surface area is 293 Å². The molecule has 3 aliphatic heterocycles. The Morgan fingerprint density at radius 2 is 1.86 bits per heavy atom. The number of amides is 2. The van der Waals surface area contributed by atoms with E-state index in [1.54, 1.807) is 0 Å². The van der Waals surface area contributed by atoms with Crippen molar-refractivity contribution < 1.29 is 51.5 Å². The van der Waals surface area contributed by atoms with E-state index >= 15 is 0 Å². The van der Waals surface area contributed by atoms with Gasteiger partial charge in [-0.15, -0.1) is 0 Å². The first-order valence-electron chi connectivity index (χ1n) is 17.2. The zero-order valence-corrected chi connectivity index (χ0v) is 29.7. The minimum atomic E-state index is -4.22. The molecular formula is C35H49N3O11S. The summed E-state index contributed by atoms with van der Waals surface area (Å²) in [5.74, 6) is 0.658. The lowest BCUT2D eigenvalue weighted by Crippen LogP contribution is -2.52. The van der Waals surface area contributed by atoms with Gasteiger partial charge in [0.25, 0.3) is 0 Å². The van der Waals surface area contributed by atoms with Gasteiger partial charge in [0.2, 0.25) is 16.8 Å². The molecule has 2 saturated heterocycles. The number of aliphatic hydroxyl groups excluding tert-OH is 1. The van der Waals surface area contributed by atoms with Gasteiger partial charge in [0.15, 0.2) is 17.8 Å². The lowest BCUT2D eigenvalue weighted by molar-refractivity contribution is -0.0907. The van der Waals surface area contributed by atoms with Gasteiger partial charge in [-0.05, 0) is 48.8 Å². The molecule has 0 unspecified atom stereocenters. The maximum Gasteiger partial charge on any atom is 0.407 e. The predicted octanol–water partition coefficient (Wildman–Crippen LogP) is 3.81. The summed E-state index contributed by atoms with van der Waals surface area (Å²) in [5, 5.41) is 17.3. The Kier molecular flexibility index (Phi) is 12.8. The number of carbonyl (C=O) groups is 2. The summed E-state index contributed by atoms with van der Waals surface area (Å²) < 4.78 is 62.7. The molecule has 14 nitrogen and oxygen atoms in total.